The first-order valence-corrected chi connectivity index (χ1v) is 12.1. The third-order valence-electron chi connectivity index (χ3n) is 10.2. The number of ketones is 1. The van der Waals surface area contributed by atoms with E-state index in [2.05, 4.69) is 39.8 Å². The van der Waals surface area contributed by atoms with Gasteiger partial charge in [-0.1, -0.05) is 51.8 Å². The number of allylic oxidation sites excluding steroid dienone is 7. The van der Waals surface area contributed by atoms with Crippen molar-refractivity contribution in [3.8, 4) is 0 Å². The fourth-order valence-electron chi connectivity index (χ4n) is 8.32. The van der Waals surface area contributed by atoms with Crippen molar-refractivity contribution in [2.75, 3.05) is 7.11 Å². The van der Waals surface area contributed by atoms with Gasteiger partial charge in [-0.2, -0.15) is 0 Å². The van der Waals surface area contributed by atoms with Crippen molar-refractivity contribution in [1.82, 2.24) is 0 Å². The summed E-state index contributed by atoms with van der Waals surface area (Å²) in [6.45, 7) is 12.1. The first-order valence-electron chi connectivity index (χ1n) is 12.1. The quantitative estimate of drug-likeness (QED) is 0.471. The molecule has 0 radical (unpaired) electrons. The van der Waals surface area contributed by atoms with Gasteiger partial charge in [0.1, 0.15) is 0 Å². The summed E-state index contributed by atoms with van der Waals surface area (Å²) in [5, 5.41) is 0. The second kappa shape index (κ2) is 6.47. The molecule has 0 spiro atoms. The Morgan fingerprint density at radius 3 is 2.50 bits per heavy atom. The number of carbonyl (C=O) groups is 1. The minimum Gasteiger partial charge on any atom is -0.492 e. The first-order chi connectivity index (χ1) is 14.1. The monoisotopic (exact) mass is 406 g/mol. The minimum absolute atomic E-state index is 0.0282. The molecular formula is C28H38O2. The highest BCUT2D eigenvalue weighted by atomic mass is 16.5. The van der Waals surface area contributed by atoms with Crippen LogP contribution in [-0.4, -0.2) is 12.9 Å². The van der Waals surface area contributed by atoms with Crippen molar-refractivity contribution in [2.45, 2.75) is 79.6 Å². The Kier molecular flexibility index (Phi) is 4.38. The van der Waals surface area contributed by atoms with Crippen molar-refractivity contribution in [3.05, 3.63) is 46.3 Å². The van der Waals surface area contributed by atoms with Crippen molar-refractivity contribution >= 4 is 5.78 Å². The second-order valence-corrected chi connectivity index (χ2v) is 11.8. The Morgan fingerprint density at radius 1 is 1.00 bits per heavy atom. The maximum absolute atomic E-state index is 12.8. The van der Waals surface area contributed by atoms with Crippen LogP contribution in [0.4, 0.5) is 0 Å². The second-order valence-electron chi connectivity index (χ2n) is 11.8. The average Bonchev–Trinajstić information content (AvgIpc) is 2.70. The van der Waals surface area contributed by atoms with Crippen LogP contribution in [0.3, 0.4) is 0 Å². The summed E-state index contributed by atoms with van der Waals surface area (Å²) in [5.41, 5.74) is 5.82. The van der Waals surface area contributed by atoms with E-state index in [1.165, 1.54) is 49.7 Å². The summed E-state index contributed by atoms with van der Waals surface area (Å²) < 4.78 is 5.44. The highest BCUT2D eigenvalue weighted by Gasteiger charge is 2.60. The summed E-state index contributed by atoms with van der Waals surface area (Å²) in [6, 6.07) is 0. The van der Waals surface area contributed by atoms with E-state index in [0.717, 1.165) is 29.7 Å². The Morgan fingerprint density at radius 2 is 1.77 bits per heavy atom. The van der Waals surface area contributed by atoms with E-state index >= 15 is 0 Å². The van der Waals surface area contributed by atoms with Gasteiger partial charge in [-0.05, 0) is 91.3 Å². The van der Waals surface area contributed by atoms with Crippen LogP contribution in [0.5, 0.6) is 0 Å². The van der Waals surface area contributed by atoms with Gasteiger partial charge >= 0.3 is 0 Å². The molecule has 3 fully saturated rings. The number of hydrogen-bond donors (Lipinski definition) is 0. The predicted molar refractivity (Wildman–Crippen MR) is 122 cm³/mol. The zero-order valence-electron chi connectivity index (χ0n) is 19.7. The largest absolute Gasteiger partial charge is 0.492 e. The molecule has 0 N–H and O–H groups in total. The fraction of sp³-hybridized carbons (Fsp3) is 0.679. The smallest absolute Gasteiger partial charge is 0.220 e. The SMILES string of the molecule is COC1=C(C)C2=CC=C3C(C)(CCC4C5CC(C)CCC5(C)CCC34C)C2=CC1=O. The molecule has 3 saturated carbocycles. The van der Waals surface area contributed by atoms with Gasteiger partial charge in [0.25, 0.3) is 0 Å². The topological polar surface area (TPSA) is 26.3 Å². The fourth-order valence-corrected chi connectivity index (χ4v) is 8.32. The van der Waals surface area contributed by atoms with Crippen LogP contribution >= 0.6 is 0 Å². The maximum Gasteiger partial charge on any atom is 0.220 e. The van der Waals surface area contributed by atoms with Crippen molar-refractivity contribution in [1.29, 1.82) is 0 Å². The lowest BCUT2D eigenvalue weighted by atomic mass is 9.40. The molecule has 5 aliphatic rings. The van der Waals surface area contributed by atoms with E-state index in [0.29, 0.717) is 11.2 Å². The summed E-state index contributed by atoms with van der Waals surface area (Å²) in [5.74, 6) is 3.03. The third kappa shape index (κ3) is 2.52. The van der Waals surface area contributed by atoms with Gasteiger partial charge in [0, 0.05) is 11.0 Å². The molecule has 6 unspecified atom stereocenters. The van der Waals surface area contributed by atoms with Crippen LogP contribution in [-0.2, 0) is 9.53 Å². The Labute approximate surface area is 182 Å². The highest BCUT2D eigenvalue weighted by Crippen LogP contribution is 2.69. The van der Waals surface area contributed by atoms with Crippen molar-refractivity contribution in [3.63, 3.8) is 0 Å². The zero-order valence-corrected chi connectivity index (χ0v) is 19.7. The lowest BCUT2D eigenvalue weighted by Crippen LogP contribution is -2.55. The van der Waals surface area contributed by atoms with E-state index in [9.17, 15) is 4.79 Å². The van der Waals surface area contributed by atoms with Gasteiger partial charge in [0.2, 0.25) is 5.78 Å². The molecule has 162 valence electrons. The van der Waals surface area contributed by atoms with Gasteiger partial charge in [0.15, 0.2) is 5.76 Å². The molecule has 0 aromatic heterocycles. The van der Waals surface area contributed by atoms with Crippen LogP contribution in [0.25, 0.3) is 0 Å². The molecule has 5 rings (SSSR count). The van der Waals surface area contributed by atoms with E-state index < -0.39 is 0 Å². The summed E-state index contributed by atoms with van der Waals surface area (Å²) >= 11 is 0. The molecule has 0 aromatic rings. The van der Waals surface area contributed by atoms with Crippen molar-refractivity contribution < 1.29 is 9.53 Å². The van der Waals surface area contributed by atoms with Gasteiger partial charge in [-0.3, -0.25) is 4.79 Å². The molecule has 30 heavy (non-hydrogen) atoms. The molecule has 6 atom stereocenters. The first kappa shape index (κ1) is 20.3. The van der Waals surface area contributed by atoms with E-state index in [1.807, 2.05) is 13.0 Å². The third-order valence-corrected chi connectivity index (χ3v) is 10.2. The van der Waals surface area contributed by atoms with Crippen LogP contribution in [0.2, 0.25) is 0 Å². The van der Waals surface area contributed by atoms with Gasteiger partial charge in [-0.15, -0.1) is 0 Å². The summed E-state index contributed by atoms with van der Waals surface area (Å²) in [4.78, 5) is 12.8. The molecular weight excluding hydrogens is 368 g/mol. The molecule has 5 aliphatic carbocycles. The molecule has 0 aromatic carbocycles. The number of ether oxygens (including phenoxy) is 1. The Bertz CT molecular complexity index is 930. The van der Waals surface area contributed by atoms with Crippen LogP contribution in [0.1, 0.15) is 79.6 Å². The molecule has 0 bridgehead atoms. The van der Waals surface area contributed by atoms with Gasteiger partial charge in [-0.25, -0.2) is 0 Å². The van der Waals surface area contributed by atoms with Crippen LogP contribution in [0.15, 0.2) is 46.3 Å². The number of methoxy groups -OCH3 is 1. The standard InChI is InChI=1S/C28H38O2/c1-17-9-11-26(3)13-14-28(5)20(22(26)15-17)10-12-27(4)21-16-23(29)25(30-6)18(2)19(21)7-8-24(27)28/h7-8,16-17,20,22H,9-15H2,1-6H3. The lowest BCUT2D eigenvalue weighted by molar-refractivity contribution is -0.114. The van der Waals surface area contributed by atoms with E-state index in [4.69, 9.17) is 4.74 Å². The van der Waals surface area contributed by atoms with Gasteiger partial charge < -0.3 is 4.74 Å². The normalized spacial score (nSPS) is 45.3. The van der Waals surface area contributed by atoms with E-state index in [1.54, 1.807) is 12.7 Å². The van der Waals surface area contributed by atoms with Crippen molar-refractivity contribution in [2.24, 2.45) is 34.0 Å². The maximum atomic E-state index is 12.8. The molecule has 2 nitrogen and oxygen atoms in total. The van der Waals surface area contributed by atoms with Crippen LogP contribution in [0, 0.1) is 34.0 Å². The molecule has 0 heterocycles. The van der Waals surface area contributed by atoms with Crippen LogP contribution < -0.4 is 0 Å². The number of carbonyl (C=O) groups excluding carboxylic acids is 1. The van der Waals surface area contributed by atoms with Gasteiger partial charge in [0.05, 0.1) is 7.11 Å². The summed E-state index contributed by atoms with van der Waals surface area (Å²) in [6.07, 6.45) is 15.9. The zero-order chi connectivity index (χ0) is 21.5. The molecule has 2 heteroatoms. The lowest BCUT2D eigenvalue weighted by Gasteiger charge is -2.64. The molecule has 0 amide bonds. The average molecular weight is 407 g/mol. The molecule has 0 saturated heterocycles. The minimum atomic E-state index is -0.0282. The number of hydrogen-bond acceptors (Lipinski definition) is 2. The molecule has 0 aliphatic heterocycles. The Hall–Kier alpha value is -1.57. The highest BCUT2D eigenvalue weighted by molar-refractivity contribution is 6.07. The predicted octanol–water partition coefficient (Wildman–Crippen LogP) is 6.94. The summed E-state index contributed by atoms with van der Waals surface area (Å²) in [7, 11) is 1.61. The van der Waals surface area contributed by atoms with E-state index in [-0.39, 0.29) is 16.6 Å². The Balaban J connectivity index is 1.60. The number of rotatable bonds is 1. The number of fused-ring (bicyclic) bond motifs is 7.